The molecule has 0 amide bonds. The van der Waals surface area contributed by atoms with Gasteiger partial charge in [0, 0.05) is 0 Å². The van der Waals surface area contributed by atoms with E-state index in [9.17, 15) is 0 Å². The number of allylic oxidation sites excluding steroid dienone is 2. The van der Waals surface area contributed by atoms with Crippen LogP contribution >= 0.6 is 23.2 Å². The number of hydrogen-bond acceptors (Lipinski definition) is 0. The second kappa shape index (κ2) is 2.79. The van der Waals surface area contributed by atoms with E-state index in [1.54, 1.807) is 0 Å². The van der Waals surface area contributed by atoms with Crippen LogP contribution in [-0.2, 0) is 6.42 Å². The molecule has 0 saturated carbocycles. The van der Waals surface area contributed by atoms with Crippen molar-refractivity contribution in [3.63, 3.8) is 0 Å². The SMILES string of the molecule is CC1=CCc2c1ccc(Cl)c2Cl. The van der Waals surface area contributed by atoms with Gasteiger partial charge in [0.15, 0.2) is 0 Å². The minimum Gasteiger partial charge on any atom is -0.0827 e. The van der Waals surface area contributed by atoms with Crippen LogP contribution < -0.4 is 0 Å². The van der Waals surface area contributed by atoms with Crippen LogP contribution in [0.2, 0.25) is 10.0 Å². The Morgan fingerprint density at radius 3 is 2.75 bits per heavy atom. The van der Waals surface area contributed by atoms with Gasteiger partial charge < -0.3 is 0 Å². The Labute approximate surface area is 81.8 Å². The molecular weight excluding hydrogens is 191 g/mol. The van der Waals surface area contributed by atoms with Gasteiger partial charge in [0.25, 0.3) is 0 Å². The zero-order chi connectivity index (χ0) is 8.72. The number of fused-ring (bicyclic) bond motifs is 1. The lowest BCUT2D eigenvalue weighted by Gasteiger charge is -2.04. The minimum atomic E-state index is 0.651. The summed E-state index contributed by atoms with van der Waals surface area (Å²) in [5, 5.41) is 1.36. The second-order valence-corrected chi connectivity index (χ2v) is 3.76. The molecular formula is C10H8Cl2. The monoisotopic (exact) mass is 198 g/mol. The fourth-order valence-corrected chi connectivity index (χ4v) is 1.95. The van der Waals surface area contributed by atoms with Gasteiger partial charge in [-0.05, 0) is 36.1 Å². The van der Waals surface area contributed by atoms with E-state index < -0.39 is 0 Å². The highest BCUT2D eigenvalue weighted by atomic mass is 35.5. The van der Waals surface area contributed by atoms with E-state index in [2.05, 4.69) is 13.0 Å². The van der Waals surface area contributed by atoms with E-state index in [4.69, 9.17) is 23.2 Å². The van der Waals surface area contributed by atoms with E-state index in [-0.39, 0.29) is 0 Å². The van der Waals surface area contributed by atoms with Crippen molar-refractivity contribution >= 4 is 28.8 Å². The Morgan fingerprint density at radius 2 is 2.00 bits per heavy atom. The van der Waals surface area contributed by atoms with Crippen molar-refractivity contribution in [1.82, 2.24) is 0 Å². The molecule has 0 unspecified atom stereocenters. The lowest BCUT2D eigenvalue weighted by molar-refractivity contribution is 1.31. The zero-order valence-corrected chi connectivity index (χ0v) is 8.21. The topological polar surface area (TPSA) is 0 Å². The fourth-order valence-electron chi connectivity index (χ4n) is 1.53. The Kier molecular flexibility index (Phi) is 1.90. The molecule has 0 aromatic heterocycles. The molecule has 1 aromatic carbocycles. The molecule has 0 aliphatic heterocycles. The van der Waals surface area contributed by atoms with Crippen molar-refractivity contribution in [2.75, 3.05) is 0 Å². The summed E-state index contributed by atoms with van der Waals surface area (Å²) < 4.78 is 0. The molecule has 1 aliphatic carbocycles. The van der Waals surface area contributed by atoms with Gasteiger partial charge in [-0.2, -0.15) is 0 Å². The van der Waals surface area contributed by atoms with Crippen LogP contribution in [-0.4, -0.2) is 0 Å². The molecule has 2 rings (SSSR count). The summed E-state index contributed by atoms with van der Waals surface area (Å²) >= 11 is 11.9. The van der Waals surface area contributed by atoms with Crippen LogP contribution in [0.3, 0.4) is 0 Å². The molecule has 0 spiro atoms. The van der Waals surface area contributed by atoms with Gasteiger partial charge in [0.2, 0.25) is 0 Å². The summed E-state index contributed by atoms with van der Waals surface area (Å²) in [5.74, 6) is 0. The first-order chi connectivity index (χ1) is 5.70. The standard InChI is InChI=1S/C10H8Cl2/c1-6-2-3-8-7(6)4-5-9(11)10(8)12/h2,4-5H,3H2,1H3. The second-order valence-electron chi connectivity index (χ2n) is 2.98. The first-order valence-electron chi connectivity index (χ1n) is 3.84. The Balaban J connectivity index is 2.66. The predicted molar refractivity (Wildman–Crippen MR) is 53.8 cm³/mol. The summed E-state index contributed by atoms with van der Waals surface area (Å²) in [4.78, 5) is 0. The Morgan fingerprint density at radius 1 is 1.25 bits per heavy atom. The van der Waals surface area contributed by atoms with Crippen molar-refractivity contribution in [3.8, 4) is 0 Å². The molecule has 0 bridgehead atoms. The zero-order valence-electron chi connectivity index (χ0n) is 6.70. The fraction of sp³-hybridized carbons (Fsp3) is 0.200. The van der Waals surface area contributed by atoms with Gasteiger partial charge in [0.1, 0.15) is 0 Å². The summed E-state index contributed by atoms with van der Waals surface area (Å²) in [6.45, 7) is 2.09. The van der Waals surface area contributed by atoms with E-state index >= 15 is 0 Å². The summed E-state index contributed by atoms with van der Waals surface area (Å²) in [7, 11) is 0. The van der Waals surface area contributed by atoms with Crippen molar-refractivity contribution in [2.24, 2.45) is 0 Å². The van der Waals surface area contributed by atoms with Gasteiger partial charge in [-0.3, -0.25) is 0 Å². The molecule has 2 heteroatoms. The number of rotatable bonds is 0. The lowest BCUT2D eigenvalue weighted by atomic mass is 10.1. The van der Waals surface area contributed by atoms with Gasteiger partial charge in [-0.15, -0.1) is 0 Å². The summed E-state index contributed by atoms with van der Waals surface area (Å²) in [6, 6.07) is 3.88. The maximum Gasteiger partial charge on any atom is 0.0633 e. The van der Waals surface area contributed by atoms with Crippen molar-refractivity contribution in [3.05, 3.63) is 39.4 Å². The van der Waals surface area contributed by atoms with Crippen molar-refractivity contribution in [1.29, 1.82) is 0 Å². The Bertz CT molecular complexity index is 364. The molecule has 0 nitrogen and oxygen atoms in total. The molecule has 1 aromatic rings. The first kappa shape index (κ1) is 8.15. The highest BCUT2D eigenvalue weighted by Crippen LogP contribution is 2.36. The largest absolute Gasteiger partial charge is 0.0827 e. The molecule has 12 heavy (non-hydrogen) atoms. The Hall–Kier alpha value is -0.460. The molecule has 0 heterocycles. The molecule has 62 valence electrons. The minimum absolute atomic E-state index is 0.651. The van der Waals surface area contributed by atoms with Crippen LogP contribution in [0.15, 0.2) is 18.2 Å². The van der Waals surface area contributed by atoms with Gasteiger partial charge in [0.05, 0.1) is 10.0 Å². The smallest absolute Gasteiger partial charge is 0.0633 e. The van der Waals surface area contributed by atoms with E-state index in [0.717, 1.165) is 6.42 Å². The number of hydrogen-bond donors (Lipinski definition) is 0. The van der Waals surface area contributed by atoms with Gasteiger partial charge in [-0.1, -0.05) is 35.3 Å². The van der Waals surface area contributed by atoms with Crippen LogP contribution in [0.25, 0.3) is 5.57 Å². The van der Waals surface area contributed by atoms with E-state index in [0.29, 0.717) is 10.0 Å². The maximum absolute atomic E-state index is 6.04. The molecule has 0 atom stereocenters. The lowest BCUT2D eigenvalue weighted by Crippen LogP contribution is -1.85. The van der Waals surface area contributed by atoms with E-state index in [1.807, 2.05) is 12.1 Å². The average molecular weight is 199 g/mol. The third-order valence-electron chi connectivity index (χ3n) is 2.23. The number of benzene rings is 1. The van der Waals surface area contributed by atoms with Crippen LogP contribution in [0.4, 0.5) is 0 Å². The molecule has 1 aliphatic rings. The normalized spacial score (nSPS) is 14.4. The van der Waals surface area contributed by atoms with Crippen molar-refractivity contribution in [2.45, 2.75) is 13.3 Å². The highest BCUT2D eigenvalue weighted by Gasteiger charge is 2.15. The van der Waals surface area contributed by atoms with Crippen LogP contribution in [0.5, 0.6) is 0 Å². The number of halogens is 2. The average Bonchev–Trinajstić information content (AvgIpc) is 2.41. The molecule has 0 fully saturated rings. The van der Waals surface area contributed by atoms with Gasteiger partial charge in [-0.25, -0.2) is 0 Å². The van der Waals surface area contributed by atoms with Crippen molar-refractivity contribution < 1.29 is 0 Å². The van der Waals surface area contributed by atoms with E-state index in [1.165, 1.54) is 16.7 Å². The van der Waals surface area contributed by atoms with Crippen LogP contribution in [0.1, 0.15) is 18.1 Å². The van der Waals surface area contributed by atoms with Gasteiger partial charge >= 0.3 is 0 Å². The molecule has 0 radical (unpaired) electrons. The summed E-state index contributed by atoms with van der Waals surface area (Å²) in [6.07, 6.45) is 3.09. The van der Waals surface area contributed by atoms with Crippen LogP contribution in [0, 0.1) is 0 Å². The predicted octanol–water partition coefficient (Wildman–Crippen LogP) is 3.95. The first-order valence-corrected chi connectivity index (χ1v) is 4.60. The highest BCUT2D eigenvalue weighted by molar-refractivity contribution is 6.42. The molecule has 0 N–H and O–H groups in total. The summed E-state index contributed by atoms with van der Waals surface area (Å²) in [5.41, 5.74) is 3.70. The molecule has 0 saturated heterocycles. The third-order valence-corrected chi connectivity index (χ3v) is 3.08. The maximum atomic E-state index is 6.04. The quantitative estimate of drug-likeness (QED) is 0.593. The third kappa shape index (κ3) is 1.07.